The molecule has 7 heteroatoms. The van der Waals surface area contributed by atoms with Crippen LogP contribution in [-0.2, 0) is 16.1 Å². The van der Waals surface area contributed by atoms with Gasteiger partial charge in [-0.25, -0.2) is 0 Å². The summed E-state index contributed by atoms with van der Waals surface area (Å²) in [6.07, 6.45) is 0.159. The number of carbonyl (C=O) groups excluding carboxylic acids is 3. The van der Waals surface area contributed by atoms with Crippen molar-refractivity contribution >= 4 is 23.3 Å². The van der Waals surface area contributed by atoms with Crippen molar-refractivity contribution < 1.29 is 23.9 Å². The number of ether oxygens (including phenoxy) is 2. The van der Waals surface area contributed by atoms with Gasteiger partial charge in [0.1, 0.15) is 0 Å². The molecule has 1 fully saturated rings. The number of Topliss-reactive ketones (excluding diaryl/α,β-unsaturated/α-hetero) is 1. The molecule has 1 N–H and O–H groups in total. The van der Waals surface area contributed by atoms with E-state index in [4.69, 9.17) is 9.47 Å². The first-order valence-electron chi connectivity index (χ1n) is 9.33. The van der Waals surface area contributed by atoms with Crippen LogP contribution in [0, 0.1) is 5.92 Å². The molecular weight excluding hydrogens is 372 g/mol. The first-order valence-corrected chi connectivity index (χ1v) is 9.33. The van der Waals surface area contributed by atoms with E-state index in [2.05, 4.69) is 5.32 Å². The van der Waals surface area contributed by atoms with Gasteiger partial charge in [0.15, 0.2) is 17.3 Å². The minimum atomic E-state index is -0.421. The number of carbonyl (C=O) groups is 3. The molecule has 0 radical (unpaired) electrons. The number of anilines is 1. The molecule has 1 aliphatic heterocycles. The average Bonchev–Trinajstić information content (AvgIpc) is 3.13. The molecule has 0 spiro atoms. The zero-order valence-corrected chi connectivity index (χ0v) is 16.7. The number of benzene rings is 2. The van der Waals surface area contributed by atoms with Crippen LogP contribution < -0.4 is 19.7 Å². The number of nitrogens with one attached hydrogen (secondary N) is 1. The Bertz CT molecular complexity index is 923. The van der Waals surface area contributed by atoms with E-state index in [-0.39, 0.29) is 24.0 Å². The molecule has 2 aromatic rings. The molecule has 1 aliphatic rings. The Labute approximate surface area is 169 Å². The van der Waals surface area contributed by atoms with Gasteiger partial charge in [-0.1, -0.05) is 6.07 Å². The van der Waals surface area contributed by atoms with Crippen LogP contribution >= 0.6 is 0 Å². The van der Waals surface area contributed by atoms with Crippen molar-refractivity contribution in [3.8, 4) is 11.5 Å². The van der Waals surface area contributed by atoms with Gasteiger partial charge in [0.25, 0.3) is 0 Å². The summed E-state index contributed by atoms with van der Waals surface area (Å²) in [4.78, 5) is 37.9. The number of ketones is 1. The molecule has 3 rings (SSSR count). The van der Waals surface area contributed by atoms with Crippen molar-refractivity contribution in [1.29, 1.82) is 0 Å². The molecule has 1 saturated heterocycles. The van der Waals surface area contributed by atoms with E-state index in [1.165, 1.54) is 6.92 Å². The van der Waals surface area contributed by atoms with Crippen LogP contribution in [0.5, 0.6) is 11.5 Å². The summed E-state index contributed by atoms with van der Waals surface area (Å²) >= 11 is 0. The fourth-order valence-corrected chi connectivity index (χ4v) is 3.33. The molecule has 0 bridgehead atoms. The summed E-state index contributed by atoms with van der Waals surface area (Å²) in [6.45, 7) is 2.14. The molecule has 7 nitrogen and oxygen atoms in total. The Kier molecular flexibility index (Phi) is 6.16. The lowest BCUT2D eigenvalue weighted by Crippen LogP contribution is -2.32. The van der Waals surface area contributed by atoms with Crippen LogP contribution in [0.15, 0.2) is 42.5 Å². The molecule has 152 valence electrons. The Morgan fingerprint density at radius 2 is 1.76 bits per heavy atom. The largest absolute Gasteiger partial charge is 0.493 e. The fourth-order valence-electron chi connectivity index (χ4n) is 3.33. The van der Waals surface area contributed by atoms with Gasteiger partial charge in [0.2, 0.25) is 11.8 Å². The molecule has 2 aromatic carbocycles. The molecule has 1 atom stereocenters. The van der Waals surface area contributed by atoms with E-state index < -0.39 is 5.92 Å². The summed E-state index contributed by atoms with van der Waals surface area (Å²) in [5.74, 6) is 0.487. The minimum Gasteiger partial charge on any atom is -0.493 e. The van der Waals surface area contributed by atoms with Crippen molar-refractivity contribution in [3.63, 3.8) is 0 Å². The molecule has 2 amide bonds. The van der Waals surface area contributed by atoms with E-state index in [9.17, 15) is 14.4 Å². The van der Waals surface area contributed by atoms with Crippen LogP contribution in [0.4, 0.5) is 5.69 Å². The smallest absolute Gasteiger partial charge is 0.227 e. The molecular formula is C22H24N2O5. The van der Waals surface area contributed by atoms with E-state index >= 15 is 0 Å². The van der Waals surface area contributed by atoms with Crippen LogP contribution in [0.3, 0.4) is 0 Å². The Hall–Kier alpha value is -3.35. The standard InChI is InChI=1S/C22H24N2O5/c1-14(25)16-5-7-18(8-6-16)24-13-17(11-21(24)26)22(27)23-12-15-4-9-19(28-2)20(10-15)29-3/h4-10,17H,11-13H2,1-3H3,(H,23,27). The minimum absolute atomic E-state index is 0.0308. The first-order chi connectivity index (χ1) is 13.9. The topological polar surface area (TPSA) is 84.9 Å². The van der Waals surface area contributed by atoms with Crippen molar-refractivity contribution in [2.24, 2.45) is 5.92 Å². The van der Waals surface area contributed by atoms with Crippen LogP contribution in [-0.4, -0.2) is 38.4 Å². The highest BCUT2D eigenvalue weighted by Crippen LogP contribution is 2.28. The van der Waals surface area contributed by atoms with E-state index in [0.29, 0.717) is 35.8 Å². The number of methoxy groups -OCH3 is 2. The summed E-state index contributed by atoms with van der Waals surface area (Å²) in [5.41, 5.74) is 2.15. The normalized spacial score (nSPS) is 15.9. The molecule has 0 aromatic heterocycles. The zero-order chi connectivity index (χ0) is 21.0. The van der Waals surface area contributed by atoms with Crippen molar-refractivity contribution in [2.45, 2.75) is 19.9 Å². The molecule has 1 heterocycles. The lowest BCUT2D eigenvalue weighted by molar-refractivity contribution is -0.126. The number of nitrogens with zero attached hydrogens (tertiary/aromatic N) is 1. The van der Waals surface area contributed by atoms with Gasteiger partial charge in [0, 0.05) is 30.8 Å². The predicted molar refractivity (Wildman–Crippen MR) is 108 cm³/mol. The second-order valence-corrected chi connectivity index (χ2v) is 6.92. The van der Waals surface area contributed by atoms with E-state index in [1.54, 1.807) is 49.5 Å². The van der Waals surface area contributed by atoms with Crippen LogP contribution in [0.1, 0.15) is 29.3 Å². The lowest BCUT2D eigenvalue weighted by Gasteiger charge is -2.17. The van der Waals surface area contributed by atoms with Crippen molar-refractivity contribution in [1.82, 2.24) is 5.32 Å². The van der Waals surface area contributed by atoms with Gasteiger partial charge >= 0.3 is 0 Å². The van der Waals surface area contributed by atoms with Crippen molar-refractivity contribution in [3.05, 3.63) is 53.6 Å². The average molecular weight is 396 g/mol. The van der Waals surface area contributed by atoms with Crippen LogP contribution in [0.25, 0.3) is 0 Å². The Morgan fingerprint density at radius 3 is 2.38 bits per heavy atom. The van der Waals surface area contributed by atoms with E-state index in [0.717, 1.165) is 5.56 Å². The summed E-state index contributed by atoms with van der Waals surface area (Å²) < 4.78 is 10.5. The van der Waals surface area contributed by atoms with Gasteiger partial charge < -0.3 is 19.7 Å². The maximum absolute atomic E-state index is 12.6. The zero-order valence-electron chi connectivity index (χ0n) is 16.7. The first kappa shape index (κ1) is 20.4. The highest BCUT2D eigenvalue weighted by Gasteiger charge is 2.35. The lowest BCUT2D eigenvalue weighted by atomic mass is 10.1. The number of hydrogen-bond donors (Lipinski definition) is 1. The summed E-state index contributed by atoms with van der Waals surface area (Å²) in [6, 6.07) is 12.3. The monoisotopic (exact) mass is 396 g/mol. The SMILES string of the molecule is COc1ccc(CNC(=O)C2CC(=O)N(c3ccc(C(C)=O)cc3)C2)cc1OC. The van der Waals surface area contributed by atoms with Crippen molar-refractivity contribution in [2.75, 3.05) is 25.7 Å². The molecule has 29 heavy (non-hydrogen) atoms. The number of rotatable bonds is 7. The third-order valence-electron chi connectivity index (χ3n) is 5.00. The molecule has 0 saturated carbocycles. The van der Waals surface area contributed by atoms with Crippen LogP contribution in [0.2, 0.25) is 0 Å². The van der Waals surface area contributed by atoms with E-state index in [1.807, 2.05) is 12.1 Å². The number of hydrogen-bond acceptors (Lipinski definition) is 5. The van der Waals surface area contributed by atoms with Gasteiger partial charge in [-0.15, -0.1) is 0 Å². The fraction of sp³-hybridized carbons (Fsp3) is 0.318. The number of amides is 2. The third kappa shape index (κ3) is 4.56. The summed E-state index contributed by atoms with van der Waals surface area (Å²) in [7, 11) is 3.12. The van der Waals surface area contributed by atoms with Gasteiger partial charge in [-0.3, -0.25) is 14.4 Å². The highest BCUT2D eigenvalue weighted by molar-refractivity contribution is 6.01. The maximum atomic E-state index is 12.6. The van der Waals surface area contributed by atoms with Gasteiger partial charge in [-0.2, -0.15) is 0 Å². The highest BCUT2D eigenvalue weighted by atomic mass is 16.5. The quantitative estimate of drug-likeness (QED) is 0.727. The van der Waals surface area contributed by atoms with Gasteiger partial charge in [0.05, 0.1) is 20.1 Å². The second-order valence-electron chi connectivity index (χ2n) is 6.92. The third-order valence-corrected chi connectivity index (χ3v) is 5.00. The Morgan fingerprint density at radius 1 is 1.07 bits per heavy atom. The maximum Gasteiger partial charge on any atom is 0.227 e. The summed E-state index contributed by atoms with van der Waals surface area (Å²) in [5, 5.41) is 2.89. The second kappa shape index (κ2) is 8.77. The molecule has 0 aliphatic carbocycles. The Balaban J connectivity index is 1.61. The molecule has 1 unspecified atom stereocenters. The predicted octanol–water partition coefficient (Wildman–Crippen LogP) is 2.58. The van der Waals surface area contributed by atoms with Gasteiger partial charge in [-0.05, 0) is 48.9 Å².